The Kier molecular flexibility index (Phi) is 6.77. The summed E-state index contributed by atoms with van der Waals surface area (Å²) in [5.41, 5.74) is -5.77. The molecule has 0 aliphatic heterocycles. The van der Waals surface area contributed by atoms with Crippen molar-refractivity contribution in [3.63, 3.8) is 0 Å². The summed E-state index contributed by atoms with van der Waals surface area (Å²) in [6.07, 6.45) is 7.73. The van der Waals surface area contributed by atoms with Gasteiger partial charge in [0.25, 0.3) is 0 Å². The molecule has 11 heteroatoms. The zero-order valence-corrected chi connectivity index (χ0v) is 15.4. The second kappa shape index (κ2) is 8.10. The third-order valence-corrected chi connectivity index (χ3v) is 7.51. The smallest absolute Gasteiger partial charge is 0.404 e. The summed E-state index contributed by atoms with van der Waals surface area (Å²) in [7, 11) is -11.4. The topological polar surface area (TPSA) is 91.6 Å². The molecule has 6 nitrogen and oxygen atoms in total. The molecular weight excluding hydrogens is 383 g/mol. The lowest BCUT2D eigenvalue weighted by molar-refractivity contribution is -0.0426. The van der Waals surface area contributed by atoms with Gasteiger partial charge in [0.2, 0.25) is 10.3 Å². The largest absolute Gasteiger partial charge is 0.480 e. The van der Waals surface area contributed by atoms with Crippen molar-refractivity contribution in [1.29, 1.82) is 0 Å². The zero-order valence-electron chi connectivity index (χ0n) is 13.7. The molecule has 0 unspecified atom stereocenters. The molecule has 0 amide bonds. The standard InChI is InChI=1S/C14H23F3NO5S2/c15-14(16,17)24(19,20)18-25(21,22)23-13(11-7-3-1-4-8-11)12-9-5-2-6-10-12/h11-13H,1-10H2/q-1. The minimum Gasteiger partial charge on any atom is -0.404 e. The van der Waals surface area contributed by atoms with E-state index in [1.807, 2.05) is 4.13 Å². The summed E-state index contributed by atoms with van der Waals surface area (Å²) in [6.45, 7) is 0. The monoisotopic (exact) mass is 406 g/mol. The third-order valence-electron chi connectivity index (χ3n) is 4.94. The molecule has 2 rings (SSSR count). The fourth-order valence-electron chi connectivity index (χ4n) is 3.79. The van der Waals surface area contributed by atoms with E-state index in [1.54, 1.807) is 0 Å². The Morgan fingerprint density at radius 2 is 1.20 bits per heavy atom. The predicted molar refractivity (Wildman–Crippen MR) is 85.3 cm³/mol. The molecule has 148 valence electrons. The first-order valence-corrected chi connectivity index (χ1v) is 11.3. The van der Waals surface area contributed by atoms with Crippen LogP contribution in [-0.4, -0.2) is 28.4 Å². The maximum Gasteiger partial charge on any atom is 0.480 e. The number of nitrogens with zero attached hydrogens (tertiary/aromatic N) is 1. The van der Waals surface area contributed by atoms with Crippen molar-refractivity contribution in [2.45, 2.75) is 75.8 Å². The molecule has 2 aliphatic rings. The van der Waals surface area contributed by atoms with Crippen LogP contribution in [0.1, 0.15) is 64.2 Å². The Morgan fingerprint density at radius 3 is 1.56 bits per heavy atom. The molecule has 0 atom stereocenters. The highest BCUT2D eigenvalue weighted by atomic mass is 32.3. The van der Waals surface area contributed by atoms with Crippen LogP contribution < -0.4 is 0 Å². The van der Waals surface area contributed by atoms with Crippen LogP contribution in [0.25, 0.3) is 4.13 Å². The van der Waals surface area contributed by atoms with Crippen LogP contribution in [0, 0.1) is 11.8 Å². The second-order valence-electron chi connectivity index (χ2n) is 6.78. The van der Waals surface area contributed by atoms with E-state index in [9.17, 15) is 30.0 Å². The summed E-state index contributed by atoms with van der Waals surface area (Å²) in [4.78, 5) is 0. The minimum absolute atomic E-state index is 0.101. The molecular formula is C14H23F3NO5S2-. The average molecular weight is 406 g/mol. The lowest BCUT2D eigenvalue weighted by atomic mass is 9.75. The molecule has 0 saturated heterocycles. The van der Waals surface area contributed by atoms with E-state index in [0.717, 1.165) is 64.2 Å². The number of alkyl halides is 3. The van der Waals surface area contributed by atoms with Gasteiger partial charge in [0, 0.05) is 0 Å². The van der Waals surface area contributed by atoms with Gasteiger partial charge < -0.3 is 4.13 Å². The van der Waals surface area contributed by atoms with Crippen molar-refractivity contribution < 1.29 is 34.2 Å². The molecule has 0 bridgehead atoms. The molecule has 2 aliphatic carbocycles. The SMILES string of the molecule is O=S(=O)([N-]S(=O)(=O)C(F)(F)F)OC(C1CCCCC1)C1CCCCC1. The molecule has 0 radical (unpaired) electrons. The Labute approximate surface area is 146 Å². The second-order valence-corrected chi connectivity index (χ2v) is 9.84. The molecule has 0 N–H and O–H groups in total. The Balaban J connectivity index is 2.16. The number of halogens is 3. The normalized spacial score (nSPS) is 22.4. The average Bonchev–Trinajstić information content (AvgIpc) is 2.52. The van der Waals surface area contributed by atoms with Gasteiger partial charge in [-0.3, -0.25) is 4.18 Å². The summed E-state index contributed by atoms with van der Waals surface area (Å²) < 4.78 is 90.2. The van der Waals surface area contributed by atoms with E-state index in [4.69, 9.17) is 4.18 Å². The predicted octanol–water partition coefficient (Wildman–Crippen LogP) is 4.00. The molecule has 0 aromatic heterocycles. The van der Waals surface area contributed by atoms with Crippen LogP contribution in [0.2, 0.25) is 0 Å². The number of rotatable bonds is 6. The van der Waals surface area contributed by atoms with Crippen LogP contribution in [0.15, 0.2) is 0 Å². The van der Waals surface area contributed by atoms with Gasteiger partial charge in [-0.05, 0) is 37.5 Å². The highest BCUT2D eigenvalue weighted by Crippen LogP contribution is 2.39. The van der Waals surface area contributed by atoms with Crippen molar-refractivity contribution in [1.82, 2.24) is 0 Å². The van der Waals surface area contributed by atoms with E-state index in [0.29, 0.717) is 0 Å². The number of sulfonamides is 1. The highest BCUT2D eigenvalue weighted by Gasteiger charge is 2.42. The van der Waals surface area contributed by atoms with Crippen LogP contribution in [0.5, 0.6) is 0 Å². The van der Waals surface area contributed by atoms with Gasteiger partial charge in [0.15, 0.2) is 10.0 Å². The van der Waals surface area contributed by atoms with Crippen molar-refractivity contribution in [2.24, 2.45) is 11.8 Å². The fraction of sp³-hybridized carbons (Fsp3) is 1.00. The number of hydrogen-bond donors (Lipinski definition) is 0. The lowest BCUT2D eigenvalue weighted by Gasteiger charge is -2.38. The van der Waals surface area contributed by atoms with Crippen molar-refractivity contribution in [3.05, 3.63) is 4.13 Å². The van der Waals surface area contributed by atoms with Gasteiger partial charge in [0.05, 0.1) is 6.10 Å². The number of hydrogen-bond acceptors (Lipinski definition) is 5. The van der Waals surface area contributed by atoms with Crippen LogP contribution in [-0.2, 0) is 24.5 Å². The molecule has 2 fully saturated rings. The maximum atomic E-state index is 12.4. The fourth-order valence-corrected chi connectivity index (χ4v) is 5.82. The van der Waals surface area contributed by atoms with Gasteiger partial charge in [-0.2, -0.15) is 13.2 Å². The summed E-state index contributed by atoms with van der Waals surface area (Å²) in [5, 5.41) is 0. The first kappa shape index (κ1) is 20.9. The Hall–Kier alpha value is -0.390. The van der Waals surface area contributed by atoms with Crippen LogP contribution in [0.3, 0.4) is 0 Å². The molecule has 0 heterocycles. The van der Waals surface area contributed by atoms with E-state index in [1.165, 1.54) is 0 Å². The van der Waals surface area contributed by atoms with Crippen molar-refractivity contribution >= 4 is 20.3 Å². The van der Waals surface area contributed by atoms with Gasteiger partial charge >= 0.3 is 5.51 Å². The third kappa shape index (κ3) is 5.80. The summed E-state index contributed by atoms with van der Waals surface area (Å²) in [5.74, 6) is -0.203. The molecule has 0 aromatic carbocycles. The van der Waals surface area contributed by atoms with Crippen LogP contribution >= 0.6 is 0 Å². The zero-order chi connectivity index (χ0) is 18.7. The van der Waals surface area contributed by atoms with Gasteiger partial charge in [-0.15, -0.1) is 0 Å². The quantitative estimate of drug-likeness (QED) is 0.665. The van der Waals surface area contributed by atoms with E-state index < -0.39 is 31.9 Å². The molecule has 2 saturated carbocycles. The van der Waals surface area contributed by atoms with Gasteiger partial charge in [-0.1, -0.05) is 38.5 Å². The van der Waals surface area contributed by atoms with Crippen molar-refractivity contribution in [3.8, 4) is 0 Å². The van der Waals surface area contributed by atoms with E-state index >= 15 is 0 Å². The minimum atomic E-state index is -6.15. The first-order valence-electron chi connectivity index (χ1n) is 8.50. The summed E-state index contributed by atoms with van der Waals surface area (Å²) in [6, 6.07) is 0. The van der Waals surface area contributed by atoms with Crippen LogP contribution in [0.4, 0.5) is 13.2 Å². The Bertz CT molecular complexity index is 618. The summed E-state index contributed by atoms with van der Waals surface area (Å²) >= 11 is 0. The van der Waals surface area contributed by atoms with Gasteiger partial charge in [0.1, 0.15) is 0 Å². The molecule has 0 spiro atoms. The first-order chi connectivity index (χ1) is 11.5. The lowest BCUT2D eigenvalue weighted by Crippen LogP contribution is -2.37. The maximum absolute atomic E-state index is 12.4. The highest BCUT2D eigenvalue weighted by molar-refractivity contribution is 8.10. The van der Waals surface area contributed by atoms with Crippen molar-refractivity contribution in [2.75, 3.05) is 0 Å². The molecule has 25 heavy (non-hydrogen) atoms. The van der Waals surface area contributed by atoms with E-state index in [-0.39, 0.29) is 11.8 Å². The molecule has 0 aromatic rings. The van der Waals surface area contributed by atoms with E-state index in [2.05, 4.69) is 0 Å². The Morgan fingerprint density at radius 1 is 0.800 bits per heavy atom. The van der Waals surface area contributed by atoms with Gasteiger partial charge in [-0.25, -0.2) is 16.8 Å².